The van der Waals surface area contributed by atoms with Crippen molar-refractivity contribution in [1.82, 2.24) is 9.80 Å². The minimum Gasteiger partial charge on any atom is -0.336 e. The Labute approximate surface area is 183 Å². The number of nitrogens with one attached hydrogen (secondary N) is 1. The third-order valence-electron chi connectivity index (χ3n) is 6.22. The molecule has 0 bridgehead atoms. The summed E-state index contributed by atoms with van der Waals surface area (Å²) >= 11 is 0. The molecule has 0 aliphatic carbocycles. The first kappa shape index (κ1) is 21.1. The van der Waals surface area contributed by atoms with Crippen LogP contribution in [0.4, 0.5) is 5.69 Å². The van der Waals surface area contributed by atoms with Gasteiger partial charge in [0.1, 0.15) is 0 Å². The van der Waals surface area contributed by atoms with Crippen molar-refractivity contribution >= 4 is 17.5 Å². The van der Waals surface area contributed by atoms with Crippen LogP contribution in [0.2, 0.25) is 0 Å². The highest BCUT2D eigenvalue weighted by atomic mass is 16.2. The molecule has 2 aromatic rings. The zero-order chi connectivity index (χ0) is 21.6. The molecule has 1 fully saturated rings. The fourth-order valence-electron chi connectivity index (χ4n) is 4.41. The molecule has 2 aliphatic heterocycles. The Hall–Kier alpha value is -3.17. The van der Waals surface area contributed by atoms with Gasteiger partial charge < -0.3 is 10.2 Å². The summed E-state index contributed by atoms with van der Waals surface area (Å²) in [6, 6.07) is 18.2. The molecule has 1 unspecified atom stereocenters. The van der Waals surface area contributed by atoms with Gasteiger partial charge in [-0.15, -0.1) is 0 Å². The van der Waals surface area contributed by atoms with Gasteiger partial charge >= 0.3 is 0 Å². The molecule has 1 N–H and O–H groups in total. The third kappa shape index (κ3) is 5.12. The maximum atomic E-state index is 13.0. The van der Waals surface area contributed by atoms with Gasteiger partial charge in [-0.3, -0.25) is 14.5 Å². The van der Waals surface area contributed by atoms with E-state index in [1.807, 2.05) is 35.2 Å². The molecule has 2 aromatic carbocycles. The van der Waals surface area contributed by atoms with Gasteiger partial charge in [0.05, 0.1) is 12.1 Å². The van der Waals surface area contributed by atoms with Crippen molar-refractivity contribution in [2.75, 3.05) is 31.5 Å². The van der Waals surface area contributed by atoms with E-state index in [1.54, 1.807) is 6.07 Å². The molecule has 160 valence electrons. The lowest BCUT2D eigenvalue weighted by Gasteiger charge is -2.37. The van der Waals surface area contributed by atoms with E-state index in [4.69, 9.17) is 0 Å². The number of amides is 2. The van der Waals surface area contributed by atoms with E-state index in [2.05, 4.69) is 28.4 Å². The van der Waals surface area contributed by atoms with Crippen molar-refractivity contribution in [2.45, 2.75) is 38.1 Å². The number of hydrogen-bond acceptors (Lipinski definition) is 4. The molecular formula is C25H28N4O2. The number of hydrogen-bond donors (Lipinski definition) is 1. The maximum absolute atomic E-state index is 13.0. The average molecular weight is 417 g/mol. The Morgan fingerprint density at radius 2 is 1.84 bits per heavy atom. The molecular weight excluding hydrogens is 388 g/mol. The van der Waals surface area contributed by atoms with Crippen molar-refractivity contribution in [2.24, 2.45) is 0 Å². The van der Waals surface area contributed by atoms with E-state index in [9.17, 15) is 14.9 Å². The number of nitrogens with zero attached hydrogens (tertiary/aromatic N) is 3. The number of benzene rings is 2. The summed E-state index contributed by atoms with van der Waals surface area (Å²) in [5.74, 6) is 0.0513. The molecule has 0 spiro atoms. The first-order chi connectivity index (χ1) is 15.1. The molecule has 0 radical (unpaired) electrons. The van der Waals surface area contributed by atoms with Crippen LogP contribution in [0.1, 0.15) is 40.7 Å². The van der Waals surface area contributed by atoms with Gasteiger partial charge in [0.2, 0.25) is 5.91 Å². The second-order valence-electron chi connectivity index (χ2n) is 8.27. The quantitative estimate of drug-likeness (QED) is 0.784. The van der Waals surface area contributed by atoms with Crippen LogP contribution in [0, 0.1) is 11.3 Å². The first-order valence-electron chi connectivity index (χ1n) is 11.0. The third-order valence-corrected chi connectivity index (χ3v) is 6.22. The number of nitriles is 1. The minimum absolute atomic E-state index is 0.0249. The normalized spacial score (nSPS) is 17.4. The second kappa shape index (κ2) is 9.76. The summed E-state index contributed by atoms with van der Waals surface area (Å²) in [7, 11) is 0. The molecule has 0 aromatic heterocycles. The van der Waals surface area contributed by atoms with Crippen LogP contribution in [-0.4, -0.2) is 53.8 Å². The van der Waals surface area contributed by atoms with E-state index in [1.165, 1.54) is 5.56 Å². The van der Waals surface area contributed by atoms with Gasteiger partial charge in [0.25, 0.3) is 5.91 Å². The van der Waals surface area contributed by atoms with Crippen LogP contribution in [0.3, 0.4) is 0 Å². The second-order valence-corrected chi connectivity index (χ2v) is 8.27. The summed E-state index contributed by atoms with van der Waals surface area (Å²) in [6.45, 7) is 2.69. The van der Waals surface area contributed by atoms with Crippen molar-refractivity contribution in [3.8, 4) is 6.07 Å². The number of piperazine rings is 1. The lowest BCUT2D eigenvalue weighted by atomic mass is 9.99. The van der Waals surface area contributed by atoms with Gasteiger partial charge in [0.15, 0.2) is 0 Å². The van der Waals surface area contributed by atoms with Crippen LogP contribution in [0.25, 0.3) is 0 Å². The van der Waals surface area contributed by atoms with E-state index < -0.39 is 0 Å². The highest BCUT2D eigenvalue weighted by Crippen LogP contribution is 2.24. The molecule has 2 aliphatic rings. The number of rotatable bonds is 6. The largest absolute Gasteiger partial charge is 0.336 e. The van der Waals surface area contributed by atoms with Crippen molar-refractivity contribution in [3.63, 3.8) is 0 Å². The Bertz CT molecular complexity index is 975. The van der Waals surface area contributed by atoms with Gasteiger partial charge in [-0.1, -0.05) is 30.3 Å². The highest BCUT2D eigenvalue weighted by Gasteiger charge is 2.27. The molecule has 1 saturated heterocycles. The molecule has 2 heterocycles. The van der Waals surface area contributed by atoms with E-state index in [-0.39, 0.29) is 17.9 Å². The van der Waals surface area contributed by atoms with Crippen LogP contribution in [-0.2, 0) is 17.6 Å². The van der Waals surface area contributed by atoms with Crippen LogP contribution in [0.15, 0.2) is 48.5 Å². The van der Waals surface area contributed by atoms with Gasteiger partial charge in [-0.05, 0) is 55.0 Å². The zero-order valence-electron chi connectivity index (χ0n) is 17.7. The maximum Gasteiger partial charge on any atom is 0.253 e. The predicted octanol–water partition coefficient (Wildman–Crippen LogP) is 3.24. The Kier molecular flexibility index (Phi) is 6.63. The molecule has 6 nitrogen and oxygen atoms in total. The van der Waals surface area contributed by atoms with Gasteiger partial charge in [-0.2, -0.15) is 5.26 Å². The van der Waals surface area contributed by atoms with E-state index in [0.717, 1.165) is 43.6 Å². The Morgan fingerprint density at radius 1 is 1.06 bits per heavy atom. The molecule has 31 heavy (non-hydrogen) atoms. The highest BCUT2D eigenvalue weighted by molar-refractivity contribution is 5.98. The molecule has 2 amide bonds. The lowest BCUT2D eigenvalue weighted by molar-refractivity contribution is -0.116. The summed E-state index contributed by atoms with van der Waals surface area (Å²) in [5.41, 5.74) is 3.80. The molecule has 6 heteroatoms. The number of fused-ring (bicyclic) bond motifs is 1. The number of aryl methyl sites for hydroxylation is 2. The van der Waals surface area contributed by atoms with Crippen molar-refractivity contribution in [1.29, 1.82) is 5.26 Å². The average Bonchev–Trinajstić information content (AvgIpc) is 2.82. The summed E-state index contributed by atoms with van der Waals surface area (Å²) < 4.78 is 0. The topological polar surface area (TPSA) is 76.4 Å². The molecule has 4 rings (SSSR count). The van der Waals surface area contributed by atoms with Crippen molar-refractivity contribution in [3.05, 3.63) is 65.2 Å². The smallest absolute Gasteiger partial charge is 0.253 e. The van der Waals surface area contributed by atoms with E-state index in [0.29, 0.717) is 31.5 Å². The SMILES string of the molecule is N#CC(CCCc1ccccc1)N1CCN(C(=O)c2ccc3c(c2)CCC(=O)N3)CC1. The number of carbonyl (C=O) groups excluding carboxylic acids is 2. The summed E-state index contributed by atoms with van der Waals surface area (Å²) in [4.78, 5) is 28.6. The fourth-order valence-corrected chi connectivity index (χ4v) is 4.41. The van der Waals surface area contributed by atoms with Gasteiger partial charge in [0, 0.05) is 43.9 Å². The fraction of sp³-hybridized carbons (Fsp3) is 0.400. The molecule has 1 atom stereocenters. The summed E-state index contributed by atoms with van der Waals surface area (Å²) in [5, 5.41) is 12.5. The summed E-state index contributed by atoms with van der Waals surface area (Å²) in [6.07, 6.45) is 3.94. The Morgan fingerprint density at radius 3 is 2.58 bits per heavy atom. The zero-order valence-corrected chi connectivity index (χ0v) is 17.7. The Balaban J connectivity index is 1.29. The number of anilines is 1. The van der Waals surface area contributed by atoms with E-state index >= 15 is 0 Å². The lowest BCUT2D eigenvalue weighted by Crippen LogP contribution is -2.51. The predicted molar refractivity (Wildman–Crippen MR) is 120 cm³/mol. The van der Waals surface area contributed by atoms with Gasteiger partial charge in [-0.25, -0.2) is 0 Å². The van der Waals surface area contributed by atoms with Crippen LogP contribution >= 0.6 is 0 Å². The molecule has 0 saturated carbocycles. The van der Waals surface area contributed by atoms with Crippen molar-refractivity contribution < 1.29 is 9.59 Å². The van der Waals surface area contributed by atoms with Crippen LogP contribution < -0.4 is 5.32 Å². The minimum atomic E-state index is -0.103. The first-order valence-corrected chi connectivity index (χ1v) is 11.0. The number of carbonyl (C=O) groups is 2. The monoisotopic (exact) mass is 416 g/mol. The standard InChI is InChI=1S/C25H28N4O2/c26-18-22(8-4-7-19-5-2-1-3-6-19)28-13-15-29(16-14-28)25(31)21-9-11-23-20(17-21)10-12-24(30)27-23/h1-3,5-6,9,11,17,22H,4,7-8,10,12-16H2,(H,27,30). The van der Waals surface area contributed by atoms with Crippen LogP contribution in [0.5, 0.6) is 0 Å².